The van der Waals surface area contributed by atoms with Crippen LogP contribution in [0.25, 0.3) is 0 Å². The van der Waals surface area contributed by atoms with E-state index in [-0.39, 0.29) is 28.6 Å². The molecule has 2 aromatic rings. The van der Waals surface area contributed by atoms with Gasteiger partial charge in [-0.3, -0.25) is 4.79 Å². The third kappa shape index (κ3) is 3.60. The Hall–Kier alpha value is -1.98. The molecule has 0 spiro atoms. The Morgan fingerprint density at radius 1 is 1.04 bits per heavy atom. The van der Waals surface area contributed by atoms with E-state index in [4.69, 9.17) is 0 Å². The van der Waals surface area contributed by atoms with E-state index >= 15 is 0 Å². The average molecular weight is 372 g/mol. The van der Waals surface area contributed by atoms with Crippen LogP contribution in [0.4, 0.5) is 0 Å². The normalized spacial score (nSPS) is 20.7. The van der Waals surface area contributed by atoms with E-state index in [0.29, 0.717) is 18.5 Å². The molecule has 5 heteroatoms. The van der Waals surface area contributed by atoms with Crippen molar-refractivity contribution >= 4 is 15.8 Å². The van der Waals surface area contributed by atoms with Gasteiger partial charge < -0.3 is 0 Å². The number of nitrogens with zero attached hydrogens (tertiary/aromatic N) is 1. The number of ketones is 1. The Balaban J connectivity index is 1.90. The van der Waals surface area contributed by atoms with Crippen molar-refractivity contribution in [3.05, 3.63) is 65.7 Å². The molecule has 0 radical (unpaired) electrons. The molecule has 0 aromatic heterocycles. The van der Waals surface area contributed by atoms with E-state index < -0.39 is 10.0 Å². The number of carbonyl (C=O) groups is 1. The molecule has 0 aliphatic carbocycles. The quantitative estimate of drug-likeness (QED) is 0.766. The highest BCUT2D eigenvalue weighted by molar-refractivity contribution is 7.89. The fourth-order valence-electron chi connectivity index (χ4n) is 3.45. The molecule has 1 aliphatic heterocycles. The van der Waals surface area contributed by atoms with Gasteiger partial charge >= 0.3 is 0 Å². The summed E-state index contributed by atoms with van der Waals surface area (Å²) in [7, 11) is -3.60. The van der Waals surface area contributed by atoms with Crippen molar-refractivity contribution < 1.29 is 13.2 Å². The first-order valence-corrected chi connectivity index (χ1v) is 10.3. The molecule has 0 N–H and O–H groups in total. The number of piperidine rings is 1. The molecule has 0 saturated carbocycles. The first-order chi connectivity index (χ1) is 12.2. The molecule has 0 amide bonds. The SMILES string of the molecule is Cc1ccc(S(=O)(=O)N2CCC(C)(C)C(C(=O)c3ccccc3)C2)cc1. The van der Waals surface area contributed by atoms with Gasteiger partial charge in [0.1, 0.15) is 0 Å². The zero-order valence-corrected chi connectivity index (χ0v) is 16.3. The van der Waals surface area contributed by atoms with E-state index in [0.717, 1.165) is 5.56 Å². The van der Waals surface area contributed by atoms with Gasteiger partial charge in [-0.1, -0.05) is 61.9 Å². The second-order valence-corrected chi connectivity index (χ2v) is 9.64. The maximum absolute atomic E-state index is 13.0. The topological polar surface area (TPSA) is 54.5 Å². The van der Waals surface area contributed by atoms with Gasteiger partial charge in [0.15, 0.2) is 5.78 Å². The van der Waals surface area contributed by atoms with Gasteiger partial charge in [0, 0.05) is 24.6 Å². The minimum Gasteiger partial charge on any atom is -0.294 e. The van der Waals surface area contributed by atoms with Gasteiger partial charge in [0.2, 0.25) is 10.0 Å². The molecule has 1 atom stereocenters. The Labute approximate surface area is 155 Å². The lowest BCUT2D eigenvalue weighted by molar-refractivity contribution is 0.0631. The lowest BCUT2D eigenvalue weighted by atomic mass is 9.71. The van der Waals surface area contributed by atoms with E-state index in [9.17, 15) is 13.2 Å². The molecule has 0 bridgehead atoms. The molecular formula is C21H25NO3S. The van der Waals surface area contributed by atoms with E-state index in [1.165, 1.54) is 4.31 Å². The number of hydrogen-bond donors (Lipinski definition) is 0. The highest BCUT2D eigenvalue weighted by Crippen LogP contribution is 2.39. The summed E-state index contributed by atoms with van der Waals surface area (Å²) in [6.45, 7) is 6.68. The number of benzene rings is 2. The summed E-state index contributed by atoms with van der Waals surface area (Å²) in [6, 6.07) is 16.0. The van der Waals surface area contributed by atoms with Gasteiger partial charge in [0.25, 0.3) is 0 Å². The van der Waals surface area contributed by atoms with Crippen molar-refractivity contribution in [1.82, 2.24) is 4.31 Å². The van der Waals surface area contributed by atoms with Crippen LogP contribution in [0, 0.1) is 18.3 Å². The van der Waals surface area contributed by atoms with Crippen LogP contribution in [0.1, 0.15) is 36.2 Å². The second-order valence-electron chi connectivity index (χ2n) is 7.70. The van der Waals surface area contributed by atoms with Gasteiger partial charge in [-0.15, -0.1) is 0 Å². The molecule has 1 fully saturated rings. The summed E-state index contributed by atoms with van der Waals surface area (Å²) < 4.78 is 27.5. The van der Waals surface area contributed by atoms with Crippen molar-refractivity contribution in [3.8, 4) is 0 Å². The zero-order valence-electron chi connectivity index (χ0n) is 15.5. The average Bonchev–Trinajstić information content (AvgIpc) is 2.62. The van der Waals surface area contributed by atoms with Crippen molar-refractivity contribution in [1.29, 1.82) is 0 Å². The van der Waals surface area contributed by atoms with Gasteiger partial charge in [-0.05, 0) is 30.9 Å². The number of Topliss-reactive ketones (excluding diaryl/α,β-unsaturated/α-hetero) is 1. The predicted molar refractivity (Wildman–Crippen MR) is 103 cm³/mol. The number of sulfonamides is 1. The summed E-state index contributed by atoms with van der Waals surface area (Å²) in [5, 5.41) is 0. The van der Waals surface area contributed by atoms with Crippen LogP contribution in [-0.2, 0) is 10.0 Å². The maximum atomic E-state index is 13.0. The first kappa shape index (κ1) is 18.8. The lowest BCUT2D eigenvalue weighted by Gasteiger charge is -2.42. The minimum atomic E-state index is -3.60. The van der Waals surface area contributed by atoms with Crippen LogP contribution >= 0.6 is 0 Å². The molecule has 1 aliphatic rings. The van der Waals surface area contributed by atoms with Gasteiger partial charge in [-0.2, -0.15) is 4.31 Å². The van der Waals surface area contributed by atoms with Crippen LogP contribution in [-0.4, -0.2) is 31.6 Å². The molecule has 138 valence electrons. The van der Waals surface area contributed by atoms with Gasteiger partial charge in [0.05, 0.1) is 4.90 Å². The third-order valence-electron chi connectivity index (χ3n) is 5.37. The largest absolute Gasteiger partial charge is 0.294 e. The Kier molecular flexibility index (Phi) is 5.04. The van der Waals surface area contributed by atoms with Crippen LogP contribution in [0.2, 0.25) is 0 Å². The van der Waals surface area contributed by atoms with Crippen molar-refractivity contribution in [2.75, 3.05) is 13.1 Å². The van der Waals surface area contributed by atoms with Crippen molar-refractivity contribution in [3.63, 3.8) is 0 Å². The van der Waals surface area contributed by atoms with Gasteiger partial charge in [-0.25, -0.2) is 8.42 Å². The molecule has 3 rings (SSSR count). The monoisotopic (exact) mass is 371 g/mol. The number of hydrogen-bond acceptors (Lipinski definition) is 3. The molecular weight excluding hydrogens is 346 g/mol. The summed E-state index contributed by atoms with van der Waals surface area (Å²) in [5.74, 6) is -0.349. The second kappa shape index (κ2) is 6.97. The summed E-state index contributed by atoms with van der Waals surface area (Å²) in [4.78, 5) is 13.3. The molecule has 1 unspecified atom stereocenters. The van der Waals surface area contributed by atoms with E-state index in [2.05, 4.69) is 0 Å². The van der Waals surface area contributed by atoms with Crippen molar-refractivity contribution in [2.45, 2.75) is 32.1 Å². The van der Waals surface area contributed by atoms with E-state index in [1.807, 2.05) is 39.0 Å². The lowest BCUT2D eigenvalue weighted by Crippen LogP contribution is -2.50. The molecule has 2 aromatic carbocycles. The highest BCUT2D eigenvalue weighted by Gasteiger charge is 2.43. The number of aryl methyl sites for hydroxylation is 1. The minimum absolute atomic E-state index is 0.0133. The fourth-order valence-corrected chi connectivity index (χ4v) is 4.90. The molecule has 1 saturated heterocycles. The molecule has 4 nitrogen and oxygen atoms in total. The summed E-state index contributed by atoms with van der Waals surface area (Å²) in [6.07, 6.45) is 0.654. The Morgan fingerprint density at radius 2 is 1.65 bits per heavy atom. The predicted octanol–water partition coefficient (Wildman–Crippen LogP) is 3.91. The van der Waals surface area contributed by atoms with Crippen LogP contribution in [0.5, 0.6) is 0 Å². The van der Waals surface area contributed by atoms with E-state index in [1.54, 1.807) is 36.4 Å². The van der Waals surface area contributed by atoms with Crippen LogP contribution < -0.4 is 0 Å². The molecule has 1 heterocycles. The first-order valence-electron chi connectivity index (χ1n) is 8.88. The zero-order chi connectivity index (χ0) is 18.9. The third-order valence-corrected chi connectivity index (χ3v) is 7.25. The van der Waals surface area contributed by atoms with Crippen LogP contribution in [0.3, 0.4) is 0 Å². The maximum Gasteiger partial charge on any atom is 0.243 e. The fraction of sp³-hybridized carbons (Fsp3) is 0.381. The van der Waals surface area contributed by atoms with Crippen LogP contribution in [0.15, 0.2) is 59.5 Å². The smallest absolute Gasteiger partial charge is 0.243 e. The number of carbonyl (C=O) groups excluding carboxylic acids is 1. The van der Waals surface area contributed by atoms with Crippen molar-refractivity contribution in [2.24, 2.45) is 11.3 Å². The standard InChI is InChI=1S/C21H25NO3S/c1-16-9-11-18(12-10-16)26(24,25)22-14-13-21(2,3)19(15-22)20(23)17-7-5-4-6-8-17/h4-12,19H,13-15H2,1-3H3. The summed E-state index contributed by atoms with van der Waals surface area (Å²) in [5.41, 5.74) is 1.41. The number of rotatable bonds is 4. The summed E-state index contributed by atoms with van der Waals surface area (Å²) >= 11 is 0. The highest BCUT2D eigenvalue weighted by atomic mass is 32.2. The Morgan fingerprint density at radius 3 is 2.27 bits per heavy atom. The molecule has 26 heavy (non-hydrogen) atoms. The Bertz CT molecular complexity index is 887.